The van der Waals surface area contributed by atoms with Crippen molar-refractivity contribution in [3.8, 4) is 0 Å². The van der Waals surface area contributed by atoms with Gasteiger partial charge in [-0.25, -0.2) is 8.42 Å². The van der Waals surface area contributed by atoms with Gasteiger partial charge in [0, 0.05) is 50.6 Å². The number of amides is 2. The van der Waals surface area contributed by atoms with Crippen LogP contribution in [0.1, 0.15) is 35.2 Å². The van der Waals surface area contributed by atoms with Crippen molar-refractivity contribution in [2.45, 2.75) is 30.7 Å². The summed E-state index contributed by atoms with van der Waals surface area (Å²) in [5.41, 5.74) is 1.30. The third-order valence-corrected chi connectivity index (χ3v) is 6.61. The Morgan fingerprint density at radius 2 is 1.62 bits per heavy atom. The Morgan fingerprint density at radius 1 is 0.966 bits per heavy atom. The lowest BCUT2D eigenvalue weighted by molar-refractivity contribution is -0.121. The molecule has 8 nitrogen and oxygen atoms in total. The van der Waals surface area contributed by atoms with Crippen LogP contribution in [0.5, 0.6) is 0 Å². The minimum absolute atomic E-state index is 0.151. The number of pyridine rings is 1. The molecule has 1 aliphatic heterocycles. The van der Waals surface area contributed by atoms with Crippen molar-refractivity contribution in [3.63, 3.8) is 0 Å². The van der Waals surface area contributed by atoms with Crippen molar-refractivity contribution in [2.75, 3.05) is 19.6 Å². The molecule has 0 aliphatic carbocycles. The van der Waals surface area contributed by atoms with E-state index in [1.54, 1.807) is 12.4 Å². The van der Waals surface area contributed by atoms with Gasteiger partial charge in [-0.1, -0.05) is 0 Å². The largest absolute Gasteiger partial charge is 0.352 e. The average molecular weight is 417 g/mol. The second-order valence-electron chi connectivity index (χ2n) is 6.77. The second-order valence-corrected chi connectivity index (χ2v) is 8.71. The lowest BCUT2D eigenvalue weighted by atomic mass is 10.2. The molecular weight excluding hydrogens is 392 g/mol. The number of benzene rings is 1. The van der Waals surface area contributed by atoms with Crippen LogP contribution in [0.15, 0.2) is 53.7 Å². The van der Waals surface area contributed by atoms with Gasteiger partial charge in [-0.2, -0.15) is 4.31 Å². The molecule has 9 heteroatoms. The number of rotatable bonds is 8. The van der Waals surface area contributed by atoms with Crippen LogP contribution in [0.2, 0.25) is 0 Å². The molecule has 2 amide bonds. The minimum Gasteiger partial charge on any atom is -0.352 e. The first-order valence-electron chi connectivity index (χ1n) is 9.51. The van der Waals surface area contributed by atoms with Crippen molar-refractivity contribution in [3.05, 3.63) is 59.9 Å². The van der Waals surface area contributed by atoms with E-state index in [9.17, 15) is 18.0 Å². The molecule has 29 heavy (non-hydrogen) atoms. The van der Waals surface area contributed by atoms with E-state index in [-0.39, 0.29) is 29.7 Å². The molecule has 1 saturated heterocycles. The number of carbonyl (C=O) groups is 2. The van der Waals surface area contributed by atoms with Gasteiger partial charge < -0.3 is 10.6 Å². The number of nitrogens with one attached hydrogen (secondary N) is 2. The SMILES string of the molecule is O=C(CCNC(=O)c1ccc(S(=O)(=O)N2CCCC2)cc1)NCc1ccncc1. The first-order chi connectivity index (χ1) is 14.0. The van der Waals surface area contributed by atoms with Gasteiger partial charge in [0.2, 0.25) is 15.9 Å². The van der Waals surface area contributed by atoms with Crippen molar-refractivity contribution in [1.29, 1.82) is 0 Å². The summed E-state index contributed by atoms with van der Waals surface area (Å²) in [6, 6.07) is 9.50. The molecule has 0 radical (unpaired) electrons. The van der Waals surface area contributed by atoms with Crippen LogP contribution in [-0.2, 0) is 21.4 Å². The standard InChI is InChI=1S/C20H24N4O4S/c25-19(23-15-16-7-10-21-11-8-16)9-12-22-20(26)17-3-5-18(6-4-17)29(27,28)24-13-1-2-14-24/h3-8,10-11H,1-2,9,12-15H2,(H,22,26)(H,23,25). The zero-order valence-electron chi connectivity index (χ0n) is 16.0. The van der Waals surface area contributed by atoms with Gasteiger partial charge in [-0.3, -0.25) is 14.6 Å². The number of hydrogen-bond donors (Lipinski definition) is 2. The highest BCUT2D eigenvalue weighted by Crippen LogP contribution is 2.21. The molecule has 0 atom stereocenters. The van der Waals surface area contributed by atoms with E-state index in [2.05, 4.69) is 15.6 Å². The van der Waals surface area contributed by atoms with Crippen LogP contribution < -0.4 is 10.6 Å². The predicted molar refractivity (Wildman–Crippen MR) is 107 cm³/mol. The molecule has 0 unspecified atom stereocenters. The van der Waals surface area contributed by atoms with E-state index in [1.807, 2.05) is 12.1 Å². The fourth-order valence-electron chi connectivity index (χ4n) is 3.04. The molecule has 1 aromatic heterocycles. The Hall–Kier alpha value is -2.78. The third kappa shape index (κ3) is 5.61. The fourth-order valence-corrected chi connectivity index (χ4v) is 4.55. The summed E-state index contributed by atoms with van der Waals surface area (Å²) in [4.78, 5) is 28.2. The summed E-state index contributed by atoms with van der Waals surface area (Å²) in [6.07, 6.45) is 5.21. The van der Waals surface area contributed by atoms with Crippen molar-refractivity contribution in [2.24, 2.45) is 0 Å². The van der Waals surface area contributed by atoms with E-state index >= 15 is 0 Å². The van der Waals surface area contributed by atoms with Crippen LogP contribution >= 0.6 is 0 Å². The van der Waals surface area contributed by atoms with Crippen LogP contribution in [0, 0.1) is 0 Å². The van der Waals surface area contributed by atoms with E-state index < -0.39 is 10.0 Å². The lowest BCUT2D eigenvalue weighted by Crippen LogP contribution is -2.30. The quantitative estimate of drug-likeness (QED) is 0.674. The van der Waals surface area contributed by atoms with Gasteiger partial charge in [-0.15, -0.1) is 0 Å². The van der Waals surface area contributed by atoms with Gasteiger partial charge >= 0.3 is 0 Å². The molecule has 0 saturated carbocycles. The molecule has 0 spiro atoms. The maximum absolute atomic E-state index is 12.5. The van der Waals surface area contributed by atoms with Crippen LogP contribution in [0.4, 0.5) is 0 Å². The average Bonchev–Trinajstić information content (AvgIpc) is 3.29. The summed E-state index contributed by atoms with van der Waals surface area (Å²) < 4.78 is 26.5. The lowest BCUT2D eigenvalue weighted by Gasteiger charge is -2.15. The van der Waals surface area contributed by atoms with Gasteiger partial charge in [0.15, 0.2) is 0 Å². The molecule has 0 bridgehead atoms. The molecule has 2 N–H and O–H groups in total. The number of sulfonamides is 1. The predicted octanol–water partition coefficient (Wildman–Crippen LogP) is 1.30. The van der Waals surface area contributed by atoms with E-state index in [0.29, 0.717) is 25.2 Å². The highest BCUT2D eigenvalue weighted by atomic mass is 32.2. The molecule has 3 rings (SSSR count). The summed E-state index contributed by atoms with van der Waals surface area (Å²) in [5, 5.41) is 5.45. The highest BCUT2D eigenvalue weighted by Gasteiger charge is 2.27. The summed E-state index contributed by atoms with van der Waals surface area (Å²) in [5.74, 6) is -0.522. The highest BCUT2D eigenvalue weighted by molar-refractivity contribution is 7.89. The Labute approximate surface area is 170 Å². The zero-order chi connectivity index (χ0) is 20.7. The summed E-state index contributed by atoms with van der Waals surface area (Å²) in [7, 11) is -3.49. The Morgan fingerprint density at radius 3 is 2.28 bits per heavy atom. The van der Waals surface area contributed by atoms with Crippen molar-refractivity contribution < 1.29 is 18.0 Å². The van der Waals surface area contributed by atoms with Gasteiger partial charge in [0.1, 0.15) is 0 Å². The summed E-state index contributed by atoms with van der Waals surface area (Å²) >= 11 is 0. The van der Waals surface area contributed by atoms with Gasteiger partial charge in [0.25, 0.3) is 5.91 Å². The van der Waals surface area contributed by atoms with Crippen molar-refractivity contribution in [1.82, 2.24) is 19.9 Å². The first-order valence-corrected chi connectivity index (χ1v) is 10.9. The maximum Gasteiger partial charge on any atom is 0.251 e. The second kappa shape index (κ2) is 9.62. The third-order valence-electron chi connectivity index (χ3n) is 4.70. The Kier molecular flexibility index (Phi) is 6.95. The Balaban J connectivity index is 1.45. The number of hydrogen-bond acceptors (Lipinski definition) is 5. The summed E-state index contributed by atoms with van der Waals surface area (Å²) in [6.45, 7) is 1.67. The van der Waals surface area contributed by atoms with Crippen LogP contribution in [-0.4, -0.2) is 49.2 Å². The molecule has 1 aromatic carbocycles. The molecular formula is C20H24N4O4S. The molecule has 1 fully saturated rings. The first kappa shape index (κ1) is 20.9. The fraction of sp³-hybridized carbons (Fsp3) is 0.350. The van der Waals surface area contributed by atoms with E-state index in [0.717, 1.165) is 18.4 Å². The van der Waals surface area contributed by atoms with E-state index in [4.69, 9.17) is 0 Å². The van der Waals surface area contributed by atoms with Crippen LogP contribution in [0.25, 0.3) is 0 Å². The maximum atomic E-state index is 12.5. The molecule has 154 valence electrons. The minimum atomic E-state index is -3.49. The molecule has 1 aliphatic rings. The zero-order valence-corrected chi connectivity index (χ0v) is 16.8. The van der Waals surface area contributed by atoms with E-state index in [1.165, 1.54) is 28.6 Å². The Bertz CT molecular complexity index is 940. The molecule has 2 aromatic rings. The van der Waals surface area contributed by atoms with Gasteiger partial charge in [0.05, 0.1) is 4.90 Å². The number of nitrogens with zero attached hydrogens (tertiary/aromatic N) is 2. The van der Waals surface area contributed by atoms with Crippen molar-refractivity contribution >= 4 is 21.8 Å². The van der Waals surface area contributed by atoms with Crippen LogP contribution in [0.3, 0.4) is 0 Å². The normalized spacial score (nSPS) is 14.5. The molecule has 2 heterocycles. The van der Waals surface area contributed by atoms with Gasteiger partial charge in [-0.05, 0) is 54.8 Å². The smallest absolute Gasteiger partial charge is 0.251 e. The number of carbonyl (C=O) groups excluding carboxylic acids is 2. The monoisotopic (exact) mass is 416 g/mol. The topological polar surface area (TPSA) is 108 Å². The number of aromatic nitrogens is 1.